The van der Waals surface area contributed by atoms with Crippen LogP contribution < -0.4 is 4.74 Å². The Kier molecular flexibility index (Phi) is 5.78. The number of rotatable bonds is 5. The first-order valence-corrected chi connectivity index (χ1v) is 8.34. The van der Waals surface area contributed by atoms with Crippen LogP contribution in [0.5, 0.6) is 5.75 Å². The van der Waals surface area contributed by atoms with Crippen LogP contribution in [-0.2, 0) is 9.31 Å². The Balaban J connectivity index is 2.07. The van der Waals surface area contributed by atoms with Gasteiger partial charge in [-0.15, -0.1) is 0 Å². The van der Waals surface area contributed by atoms with Crippen LogP contribution in [0.1, 0.15) is 46.6 Å². The molecule has 0 N–H and O–H groups in total. The second kappa shape index (κ2) is 7.23. The molecule has 0 radical (unpaired) electrons. The van der Waals surface area contributed by atoms with Crippen LogP contribution >= 0.6 is 0 Å². The van der Waals surface area contributed by atoms with Gasteiger partial charge in [0.05, 0.1) is 24.2 Å². The first kappa shape index (κ1) is 20.8. The van der Waals surface area contributed by atoms with E-state index in [2.05, 4.69) is 0 Å². The summed E-state index contributed by atoms with van der Waals surface area (Å²) in [6.45, 7) is 8.48. The van der Waals surface area contributed by atoms with E-state index in [-0.39, 0.29) is 0 Å². The Morgan fingerprint density at radius 2 is 1.54 bits per heavy atom. The number of alkyl halides is 3. The third kappa shape index (κ3) is 4.79. The van der Waals surface area contributed by atoms with Gasteiger partial charge in [0.2, 0.25) is 0 Å². The Bertz CT molecular complexity index is 650. The van der Waals surface area contributed by atoms with Crippen LogP contribution in [0.25, 0.3) is 5.57 Å². The van der Waals surface area contributed by atoms with Gasteiger partial charge in [0.1, 0.15) is 11.5 Å². The molecular weight excluding hydrogens is 351 g/mol. The van der Waals surface area contributed by atoms with E-state index < -0.39 is 43.3 Å². The zero-order valence-electron chi connectivity index (χ0n) is 15.5. The smallest absolute Gasteiger partial charge is 0.493 e. The summed E-state index contributed by atoms with van der Waals surface area (Å²) in [4.78, 5) is 0. The first-order chi connectivity index (χ1) is 11.8. The summed E-state index contributed by atoms with van der Waals surface area (Å²) >= 11 is 0. The van der Waals surface area contributed by atoms with E-state index in [0.29, 0.717) is 16.9 Å². The molecule has 8 heteroatoms. The van der Waals surface area contributed by atoms with Gasteiger partial charge in [0.15, 0.2) is 0 Å². The van der Waals surface area contributed by atoms with Crippen molar-refractivity contribution in [3.63, 3.8) is 0 Å². The van der Waals surface area contributed by atoms with Crippen LogP contribution in [0.15, 0.2) is 30.0 Å². The quantitative estimate of drug-likeness (QED) is 0.514. The van der Waals surface area contributed by atoms with Crippen molar-refractivity contribution in [2.75, 3.05) is 6.61 Å². The number of allylic oxidation sites excluding steroid dienone is 1. The fraction of sp³-hybridized carbons (Fsp3) is 0.556. The lowest BCUT2D eigenvalue weighted by atomic mass is 9.83. The summed E-state index contributed by atoms with van der Waals surface area (Å²) in [5, 5.41) is 0. The molecule has 1 fully saturated rings. The highest BCUT2D eigenvalue weighted by atomic mass is 19.4. The molecule has 144 valence electrons. The van der Waals surface area contributed by atoms with Gasteiger partial charge in [-0.05, 0) is 57.9 Å². The van der Waals surface area contributed by atoms with Crippen molar-refractivity contribution < 1.29 is 31.6 Å². The average molecular weight is 374 g/mol. The fourth-order valence-electron chi connectivity index (χ4n) is 2.35. The van der Waals surface area contributed by atoms with Gasteiger partial charge in [-0.1, -0.05) is 12.1 Å². The highest BCUT2D eigenvalue weighted by Gasteiger charge is 2.53. The molecule has 1 aliphatic rings. The number of hydrogen-bond acceptors (Lipinski definition) is 3. The summed E-state index contributed by atoms with van der Waals surface area (Å²) < 4.78 is 67.6. The molecule has 0 spiro atoms. The summed E-state index contributed by atoms with van der Waals surface area (Å²) in [6.07, 6.45) is -5.28. The zero-order chi connectivity index (χ0) is 19.8. The molecule has 1 aromatic rings. The number of ether oxygens (including phenoxy) is 1. The van der Waals surface area contributed by atoms with Crippen LogP contribution in [0, 0.1) is 0 Å². The predicted octanol–water partition coefficient (Wildman–Crippen LogP) is 5.35. The molecule has 1 saturated heterocycles. The van der Waals surface area contributed by atoms with Crippen molar-refractivity contribution in [3.05, 3.63) is 35.6 Å². The first-order valence-electron chi connectivity index (χ1n) is 8.34. The largest absolute Gasteiger partial charge is 0.525 e. The molecule has 26 heavy (non-hydrogen) atoms. The van der Waals surface area contributed by atoms with E-state index in [1.165, 1.54) is 12.1 Å². The molecular formula is C18H23BF4O3. The second-order valence-electron chi connectivity index (χ2n) is 7.30. The molecule has 0 saturated carbocycles. The normalized spacial score (nSPS) is 20.1. The van der Waals surface area contributed by atoms with Gasteiger partial charge in [-0.3, -0.25) is 0 Å². The molecule has 0 unspecified atom stereocenters. The van der Waals surface area contributed by atoms with Gasteiger partial charge in [0.25, 0.3) is 0 Å². The Morgan fingerprint density at radius 3 is 2.00 bits per heavy atom. The van der Waals surface area contributed by atoms with Crippen molar-refractivity contribution in [2.24, 2.45) is 0 Å². The van der Waals surface area contributed by atoms with Crippen LogP contribution in [-0.4, -0.2) is 31.1 Å². The standard InChI is InChI=1S/C18H23BF4O3/c1-12(15(20)19-25-16(2,3)17(4,5)26-19)13-6-8-14(9-7-13)24-11-10-18(21,22)23/h6-9H,10-11H2,1-5H3. The van der Waals surface area contributed by atoms with E-state index in [4.69, 9.17) is 14.0 Å². The molecule has 1 aromatic carbocycles. The third-order valence-corrected chi connectivity index (χ3v) is 4.76. The molecule has 0 aliphatic carbocycles. The summed E-state index contributed by atoms with van der Waals surface area (Å²) in [7, 11) is -1.09. The van der Waals surface area contributed by atoms with Gasteiger partial charge in [0, 0.05) is 0 Å². The minimum Gasteiger partial charge on any atom is -0.493 e. The Morgan fingerprint density at radius 1 is 1.04 bits per heavy atom. The molecule has 0 bridgehead atoms. The predicted molar refractivity (Wildman–Crippen MR) is 92.4 cm³/mol. The van der Waals surface area contributed by atoms with Crippen molar-refractivity contribution in [3.8, 4) is 5.75 Å². The van der Waals surface area contributed by atoms with Gasteiger partial charge in [-0.2, -0.15) is 13.2 Å². The molecule has 1 heterocycles. The van der Waals surface area contributed by atoms with E-state index in [1.54, 1.807) is 19.1 Å². The van der Waals surface area contributed by atoms with E-state index in [0.717, 1.165) is 0 Å². The van der Waals surface area contributed by atoms with Crippen molar-refractivity contribution in [1.29, 1.82) is 0 Å². The monoisotopic (exact) mass is 374 g/mol. The topological polar surface area (TPSA) is 27.7 Å². The van der Waals surface area contributed by atoms with Crippen LogP contribution in [0.4, 0.5) is 17.6 Å². The summed E-state index contributed by atoms with van der Waals surface area (Å²) in [5.41, 5.74) is -0.920. The maximum atomic E-state index is 14.8. The minimum atomic E-state index is -4.26. The lowest BCUT2D eigenvalue weighted by Crippen LogP contribution is -2.41. The van der Waals surface area contributed by atoms with Gasteiger partial charge >= 0.3 is 13.3 Å². The van der Waals surface area contributed by atoms with Crippen LogP contribution in [0.3, 0.4) is 0 Å². The minimum absolute atomic E-state index is 0.293. The summed E-state index contributed by atoms with van der Waals surface area (Å²) in [5.74, 6) is 0.293. The molecule has 2 rings (SSSR count). The molecule has 0 amide bonds. The SMILES string of the molecule is CC(=C(F)B1OC(C)(C)C(C)(C)O1)c1ccc(OCCC(F)(F)F)cc1. The number of halogens is 4. The summed E-state index contributed by atoms with van der Waals surface area (Å²) in [6, 6.07) is 6.19. The highest BCUT2D eigenvalue weighted by molar-refractivity contribution is 6.55. The lowest BCUT2D eigenvalue weighted by Gasteiger charge is -2.32. The maximum absolute atomic E-state index is 14.8. The Labute approximate surface area is 151 Å². The maximum Gasteiger partial charge on any atom is 0.525 e. The second-order valence-corrected chi connectivity index (χ2v) is 7.30. The number of hydrogen-bond donors (Lipinski definition) is 0. The van der Waals surface area contributed by atoms with Crippen molar-refractivity contribution >= 4 is 12.7 Å². The van der Waals surface area contributed by atoms with Crippen molar-refractivity contribution in [1.82, 2.24) is 0 Å². The fourth-order valence-corrected chi connectivity index (χ4v) is 2.35. The van der Waals surface area contributed by atoms with Crippen molar-refractivity contribution in [2.45, 2.75) is 58.4 Å². The van der Waals surface area contributed by atoms with E-state index >= 15 is 0 Å². The average Bonchev–Trinajstić information content (AvgIpc) is 2.73. The Hall–Kier alpha value is -1.54. The molecule has 0 atom stereocenters. The van der Waals surface area contributed by atoms with E-state index in [9.17, 15) is 17.6 Å². The molecule has 1 aliphatic heterocycles. The molecule has 3 nitrogen and oxygen atoms in total. The highest BCUT2D eigenvalue weighted by Crippen LogP contribution is 2.40. The van der Waals surface area contributed by atoms with Crippen LogP contribution in [0.2, 0.25) is 0 Å². The van der Waals surface area contributed by atoms with Gasteiger partial charge in [-0.25, -0.2) is 4.39 Å². The number of benzene rings is 1. The molecule has 0 aromatic heterocycles. The lowest BCUT2D eigenvalue weighted by molar-refractivity contribution is -0.139. The third-order valence-electron chi connectivity index (χ3n) is 4.76. The van der Waals surface area contributed by atoms with Gasteiger partial charge < -0.3 is 14.0 Å². The van der Waals surface area contributed by atoms with E-state index in [1.807, 2.05) is 27.7 Å². The zero-order valence-corrected chi connectivity index (χ0v) is 15.5.